The minimum Gasteiger partial charge on any atom is -0.426 e. The zero-order valence-electron chi connectivity index (χ0n) is 25.0. The van der Waals surface area contributed by atoms with Gasteiger partial charge in [0.25, 0.3) is 0 Å². The number of carbonyl (C=O) groups is 3. The summed E-state index contributed by atoms with van der Waals surface area (Å²) in [6, 6.07) is 21.3. The lowest BCUT2D eigenvalue weighted by atomic mass is 9.90. The minimum absolute atomic E-state index is 0.147. The van der Waals surface area contributed by atoms with E-state index in [1.54, 1.807) is 12.1 Å². The number of esters is 3. The van der Waals surface area contributed by atoms with Crippen LogP contribution in [0.1, 0.15) is 77.0 Å². The second-order valence-corrected chi connectivity index (χ2v) is 12.6. The molecule has 3 aliphatic rings. The van der Waals surface area contributed by atoms with E-state index in [1.165, 1.54) is 0 Å². The predicted molar refractivity (Wildman–Crippen MR) is 170 cm³/mol. The van der Waals surface area contributed by atoms with Crippen LogP contribution in [0.3, 0.4) is 0 Å². The van der Waals surface area contributed by atoms with Gasteiger partial charge in [0.05, 0.1) is 28.5 Å². The fourth-order valence-electron chi connectivity index (χ4n) is 7.46. The lowest BCUT2D eigenvalue weighted by Gasteiger charge is -2.22. The van der Waals surface area contributed by atoms with Crippen molar-refractivity contribution in [1.29, 1.82) is 0 Å². The highest BCUT2D eigenvalue weighted by Gasteiger charge is 2.32. The second kappa shape index (κ2) is 12.4. The standard InChI is InChI=1S/C38H38O6/c39-36(25-14-4-5-15-25)42-30-22-10-20-28-32(24-12-2-1-3-13-24)29-21-11-23-31(43-37(40)26-16-6-7-17-26)34(29)35(33(28)30)44-38(41)27-18-8-9-19-27/h1-3,10-13,20-23,25-27H,4-9,14-19H2. The molecule has 4 aromatic rings. The van der Waals surface area contributed by atoms with Gasteiger partial charge in [0, 0.05) is 0 Å². The largest absolute Gasteiger partial charge is 0.426 e. The summed E-state index contributed by atoms with van der Waals surface area (Å²) in [5, 5.41) is 2.68. The number of fused-ring (bicyclic) bond motifs is 2. The number of rotatable bonds is 7. The highest BCUT2D eigenvalue weighted by atomic mass is 16.6. The van der Waals surface area contributed by atoms with Gasteiger partial charge in [-0.3, -0.25) is 14.4 Å². The van der Waals surface area contributed by atoms with Gasteiger partial charge < -0.3 is 14.2 Å². The molecule has 0 heterocycles. The van der Waals surface area contributed by atoms with Gasteiger partial charge in [0.15, 0.2) is 5.75 Å². The van der Waals surface area contributed by atoms with E-state index in [4.69, 9.17) is 14.2 Å². The molecule has 3 fully saturated rings. The fraction of sp³-hybridized carbons (Fsp3) is 0.395. The highest BCUT2D eigenvalue weighted by Crippen LogP contribution is 2.50. The Kier molecular flexibility index (Phi) is 8.07. The maximum absolute atomic E-state index is 13.7. The van der Waals surface area contributed by atoms with Crippen LogP contribution in [0.25, 0.3) is 32.7 Å². The summed E-state index contributed by atoms with van der Waals surface area (Å²) in [5.41, 5.74) is 1.85. The van der Waals surface area contributed by atoms with Crippen LogP contribution in [0, 0.1) is 17.8 Å². The van der Waals surface area contributed by atoms with Crippen molar-refractivity contribution in [1.82, 2.24) is 0 Å². The van der Waals surface area contributed by atoms with E-state index in [9.17, 15) is 14.4 Å². The van der Waals surface area contributed by atoms with Crippen LogP contribution in [0.4, 0.5) is 0 Å². The Labute approximate surface area is 257 Å². The monoisotopic (exact) mass is 590 g/mol. The third kappa shape index (κ3) is 5.47. The molecule has 0 amide bonds. The molecule has 3 saturated carbocycles. The summed E-state index contributed by atoms with van der Waals surface area (Å²) in [6.45, 7) is 0. The van der Waals surface area contributed by atoms with Gasteiger partial charge in [-0.1, -0.05) is 93.1 Å². The zero-order chi connectivity index (χ0) is 30.0. The van der Waals surface area contributed by atoms with Crippen molar-refractivity contribution in [3.05, 3.63) is 66.7 Å². The van der Waals surface area contributed by atoms with Gasteiger partial charge >= 0.3 is 17.9 Å². The van der Waals surface area contributed by atoms with Crippen molar-refractivity contribution < 1.29 is 28.6 Å². The molecule has 44 heavy (non-hydrogen) atoms. The molecule has 0 aromatic heterocycles. The first kappa shape index (κ1) is 28.6. The van der Waals surface area contributed by atoms with E-state index in [0.29, 0.717) is 22.3 Å². The van der Waals surface area contributed by atoms with Crippen LogP contribution in [0.2, 0.25) is 0 Å². The number of benzene rings is 4. The Hall–Kier alpha value is -4.19. The van der Waals surface area contributed by atoms with Crippen LogP contribution >= 0.6 is 0 Å². The maximum atomic E-state index is 13.7. The second-order valence-electron chi connectivity index (χ2n) is 12.6. The molecule has 0 saturated heterocycles. The lowest BCUT2D eigenvalue weighted by Crippen LogP contribution is -2.20. The van der Waals surface area contributed by atoms with Crippen molar-refractivity contribution in [2.75, 3.05) is 0 Å². The van der Waals surface area contributed by atoms with Gasteiger partial charge in [-0.2, -0.15) is 0 Å². The molecule has 226 valence electrons. The number of carbonyl (C=O) groups excluding carboxylic acids is 3. The molecule has 6 heteroatoms. The smallest absolute Gasteiger partial charge is 0.314 e. The van der Waals surface area contributed by atoms with E-state index in [2.05, 4.69) is 0 Å². The van der Waals surface area contributed by atoms with E-state index >= 15 is 0 Å². The highest BCUT2D eigenvalue weighted by molar-refractivity contribution is 6.21. The minimum atomic E-state index is -0.300. The summed E-state index contributed by atoms with van der Waals surface area (Å²) >= 11 is 0. The van der Waals surface area contributed by atoms with Crippen molar-refractivity contribution >= 4 is 39.5 Å². The van der Waals surface area contributed by atoms with Gasteiger partial charge in [-0.25, -0.2) is 0 Å². The SMILES string of the molecule is O=C(Oc1cccc2c(-c3ccccc3)c3cccc(OC(=O)C4CCCC4)c3c(OC(=O)C3CCCC3)c12)C1CCCC1. The summed E-state index contributed by atoms with van der Waals surface area (Å²) in [5.74, 6) is -0.318. The number of ether oxygens (including phenoxy) is 3. The summed E-state index contributed by atoms with van der Waals surface area (Å²) in [4.78, 5) is 40.5. The zero-order valence-corrected chi connectivity index (χ0v) is 25.0. The molecule has 0 bridgehead atoms. The van der Waals surface area contributed by atoms with Crippen LogP contribution < -0.4 is 14.2 Å². The van der Waals surface area contributed by atoms with E-state index in [1.807, 2.05) is 54.6 Å². The third-order valence-corrected chi connectivity index (χ3v) is 9.80. The van der Waals surface area contributed by atoms with E-state index in [-0.39, 0.29) is 41.4 Å². The summed E-state index contributed by atoms with van der Waals surface area (Å²) < 4.78 is 18.7. The van der Waals surface area contributed by atoms with Gasteiger partial charge in [0.2, 0.25) is 0 Å². The van der Waals surface area contributed by atoms with Gasteiger partial charge in [0.1, 0.15) is 11.5 Å². The van der Waals surface area contributed by atoms with Crippen molar-refractivity contribution in [2.24, 2.45) is 17.8 Å². The molecule has 7 rings (SSSR count). The van der Waals surface area contributed by atoms with Crippen LogP contribution in [0.5, 0.6) is 17.2 Å². The molecule has 0 N–H and O–H groups in total. The average molecular weight is 591 g/mol. The average Bonchev–Trinajstić information content (AvgIpc) is 3.86. The Morgan fingerprint density at radius 2 is 0.886 bits per heavy atom. The predicted octanol–water partition coefficient (Wildman–Crippen LogP) is 8.95. The molecule has 0 radical (unpaired) electrons. The fourth-order valence-corrected chi connectivity index (χ4v) is 7.46. The molecular formula is C38H38O6. The van der Waals surface area contributed by atoms with Crippen LogP contribution in [-0.4, -0.2) is 17.9 Å². The summed E-state index contributed by atoms with van der Waals surface area (Å²) in [6.07, 6.45) is 10.8. The van der Waals surface area contributed by atoms with Crippen LogP contribution in [-0.2, 0) is 14.4 Å². The molecule has 4 aromatic carbocycles. The Balaban J connectivity index is 1.48. The quantitative estimate of drug-likeness (QED) is 0.121. The van der Waals surface area contributed by atoms with Crippen molar-refractivity contribution in [3.8, 4) is 28.4 Å². The van der Waals surface area contributed by atoms with E-state index < -0.39 is 0 Å². The first-order valence-corrected chi connectivity index (χ1v) is 16.3. The number of hydrogen-bond acceptors (Lipinski definition) is 6. The molecule has 6 nitrogen and oxygen atoms in total. The number of hydrogen-bond donors (Lipinski definition) is 0. The Morgan fingerprint density at radius 1 is 0.477 bits per heavy atom. The van der Waals surface area contributed by atoms with Crippen molar-refractivity contribution in [2.45, 2.75) is 77.0 Å². The topological polar surface area (TPSA) is 78.9 Å². The van der Waals surface area contributed by atoms with E-state index in [0.717, 1.165) is 98.9 Å². The first-order valence-electron chi connectivity index (χ1n) is 16.3. The van der Waals surface area contributed by atoms with Gasteiger partial charge in [-0.05, 0) is 72.6 Å². The molecule has 0 atom stereocenters. The Bertz CT molecular complexity index is 1620. The first-order chi connectivity index (χ1) is 21.6. The maximum Gasteiger partial charge on any atom is 0.314 e. The lowest BCUT2D eigenvalue weighted by molar-refractivity contribution is -0.139. The molecule has 3 aliphatic carbocycles. The molecule has 0 unspecified atom stereocenters. The molecular weight excluding hydrogens is 552 g/mol. The normalized spacial score (nSPS) is 17.8. The molecule has 0 spiro atoms. The third-order valence-electron chi connectivity index (χ3n) is 9.80. The van der Waals surface area contributed by atoms with Gasteiger partial charge in [-0.15, -0.1) is 0 Å². The molecule has 0 aliphatic heterocycles. The summed E-state index contributed by atoms with van der Waals surface area (Å²) in [7, 11) is 0. The Morgan fingerprint density at radius 3 is 1.32 bits per heavy atom. The van der Waals surface area contributed by atoms with Crippen LogP contribution in [0.15, 0.2) is 66.7 Å². The van der Waals surface area contributed by atoms with Crippen molar-refractivity contribution in [3.63, 3.8) is 0 Å².